The fourth-order valence-corrected chi connectivity index (χ4v) is 2.39. The van der Waals surface area contributed by atoms with Crippen molar-refractivity contribution >= 4 is 40.6 Å². The lowest BCUT2D eigenvalue weighted by Gasteiger charge is -2.05. The minimum atomic E-state index is -0.545. The van der Waals surface area contributed by atoms with E-state index in [9.17, 15) is 9.18 Å². The maximum absolute atomic E-state index is 13.3. The molecule has 0 fully saturated rings. The summed E-state index contributed by atoms with van der Waals surface area (Å²) in [6.45, 7) is 0. The van der Waals surface area contributed by atoms with Crippen LogP contribution in [0.2, 0.25) is 15.1 Å². The maximum Gasteiger partial charge on any atom is 0.167 e. The van der Waals surface area contributed by atoms with Crippen LogP contribution in [0, 0.1) is 5.82 Å². The summed E-state index contributed by atoms with van der Waals surface area (Å²) >= 11 is 17.5. The summed E-state index contributed by atoms with van der Waals surface area (Å²) in [5, 5.41) is 0.714. The molecule has 2 rings (SSSR count). The standard InChI is InChI=1S/C14H8Cl3FO/c15-10-4-9(5-11(16)7-10)13(19)6-8-2-1-3-12(18)14(8)17/h1-5,7H,6H2. The van der Waals surface area contributed by atoms with Gasteiger partial charge in [0.25, 0.3) is 0 Å². The van der Waals surface area contributed by atoms with Gasteiger partial charge >= 0.3 is 0 Å². The number of benzene rings is 2. The lowest BCUT2D eigenvalue weighted by atomic mass is 10.0. The first-order valence-corrected chi connectivity index (χ1v) is 6.53. The summed E-state index contributed by atoms with van der Waals surface area (Å²) < 4.78 is 13.3. The van der Waals surface area contributed by atoms with E-state index in [1.165, 1.54) is 30.3 Å². The predicted molar refractivity (Wildman–Crippen MR) is 75.9 cm³/mol. The van der Waals surface area contributed by atoms with E-state index >= 15 is 0 Å². The molecule has 0 aromatic heterocycles. The van der Waals surface area contributed by atoms with Crippen molar-refractivity contribution in [1.82, 2.24) is 0 Å². The highest BCUT2D eigenvalue weighted by Gasteiger charge is 2.13. The molecular formula is C14H8Cl3FO. The summed E-state index contributed by atoms with van der Waals surface area (Å²) in [4.78, 5) is 12.1. The molecule has 0 aliphatic heterocycles. The average Bonchev–Trinajstić information content (AvgIpc) is 2.33. The molecule has 0 aliphatic rings. The van der Waals surface area contributed by atoms with Crippen molar-refractivity contribution in [3.8, 4) is 0 Å². The Morgan fingerprint density at radius 2 is 1.68 bits per heavy atom. The molecule has 0 unspecified atom stereocenters. The third-order valence-corrected chi connectivity index (χ3v) is 3.43. The van der Waals surface area contributed by atoms with Crippen LogP contribution in [0.3, 0.4) is 0 Å². The van der Waals surface area contributed by atoms with E-state index in [0.29, 0.717) is 21.2 Å². The number of halogens is 4. The average molecular weight is 318 g/mol. The third kappa shape index (κ3) is 3.47. The van der Waals surface area contributed by atoms with Gasteiger partial charge in [0.2, 0.25) is 0 Å². The molecule has 2 aromatic rings. The molecule has 0 aliphatic carbocycles. The van der Waals surface area contributed by atoms with Gasteiger partial charge in [0.1, 0.15) is 5.82 Å². The third-order valence-electron chi connectivity index (χ3n) is 2.57. The predicted octanol–water partition coefficient (Wildman–Crippen LogP) is 5.21. The molecule has 0 saturated heterocycles. The molecular weight excluding hydrogens is 310 g/mol. The molecule has 5 heteroatoms. The quantitative estimate of drug-likeness (QED) is 0.710. The molecule has 0 atom stereocenters. The second-order valence-electron chi connectivity index (χ2n) is 3.97. The van der Waals surface area contributed by atoms with Gasteiger partial charge in [0, 0.05) is 22.0 Å². The Hall–Kier alpha value is -1.09. The minimum absolute atomic E-state index is 0.00668. The lowest BCUT2D eigenvalue weighted by Crippen LogP contribution is -2.04. The summed E-state index contributed by atoms with van der Waals surface area (Å²) in [6.07, 6.45) is -0.00668. The number of carbonyl (C=O) groups is 1. The molecule has 1 nitrogen and oxygen atoms in total. The van der Waals surface area contributed by atoms with E-state index in [2.05, 4.69) is 0 Å². The molecule has 0 saturated carbocycles. The fraction of sp³-hybridized carbons (Fsp3) is 0.0714. The Kier molecular flexibility index (Phi) is 4.46. The van der Waals surface area contributed by atoms with E-state index in [1.54, 1.807) is 6.07 Å². The first kappa shape index (κ1) is 14.3. The zero-order valence-electron chi connectivity index (χ0n) is 9.59. The highest BCUT2D eigenvalue weighted by Crippen LogP contribution is 2.23. The Bertz CT molecular complexity index is 620. The number of hydrogen-bond acceptors (Lipinski definition) is 1. The second kappa shape index (κ2) is 5.91. The number of rotatable bonds is 3. The topological polar surface area (TPSA) is 17.1 Å². The van der Waals surface area contributed by atoms with Gasteiger partial charge in [-0.25, -0.2) is 4.39 Å². The Morgan fingerprint density at radius 1 is 1.05 bits per heavy atom. The Balaban J connectivity index is 2.28. The van der Waals surface area contributed by atoms with Crippen LogP contribution < -0.4 is 0 Å². The highest BCUT2D eigenvalue weighted by atomic mass is 35.5. The van der Waals surface area contributed by atoms with Crippen molar-refractivity contribution in [3.63, 3.8) is 0 Å². The van der Waals surface area contributed by atoms with E-state index < -0.39 is 5.82 Å². The fourth-order valence-electron chi connectivity index (χ4n) is 1.67. The largest absolute Gasteiger partial charge is 0.294 e. The van der Waals surface area contributed by atoms with Gasteiger partial charge in [0.15, 0.2) is 5.78 Å². The number of carbonyl (C=O) groups excluding carboxylic acids is 1. The van der Waals surface area contributed by atoms with Crippen molar-refractivity contribution in [2.75, 3.05) is 0 Å². The monoisotopic (exact) mass is 316 g/mol. The lowest BCUT2D eigenvalue weighted by molar-refractivity contribution is 0.0993. The molecule has 2 aromatic carbocycles. The summed E-state index contributed by atoms with van der Waals surface area (Å²) in [6, 6.07) is 8.93. The van der Waals surface area contributed by atoms with E-state index in [1.807, 2.05) is 0 Å². The van der Waals surface area contributed by atoms with Crippen LogP contribution in [-0.4, -0.2) is 5.78 Å². The number of ketones is 1. The van der Waals surface area contributed by atoms with Crippen LogP contribution in [0.25, 0.3) is 0 Å². The second-order valence-corrected chi connectivity index (χ2v) is 5.22. The van der Waals surface area contributed by atoms with Crippen LogP contribution in [-0.2, 0) is 6.42 Å². The number of Topliss-reactive ketones (excluding diaryl/α,β-unsaturated/α-hetero) is 1. The van der Waals surface area contributed by atoms with Crippen molar-refractivity contribution in [3.05, 3.63) is 68.4 Å². The van der Waals surface area contributed by atoms with Crippen LogP contribution in [0.1, 0.15) is 15.9 Å². The normalized spacial score (nSPS) is 10.5. The van der Waals surface area contributed by atoms with Crippen molar-refractivity contribution in [2.24, 2.45) is 0 Å². The van der Waals surface area contributed by atoms with Gasteiger partial charge in [-0.1, -0.05) is 46.9 Å². The molecule has 0 N–H and O–H groups in total. The first-order chi connectivity index (χ1) is 8.97. The smallest absolute Gasteiger partial charge is 0.167 e. The van der Waals surface area contributed by atoms with E-state index in [4.69, 9.17) is 34.8 Å². The summed E-state index contributed by atoms with van der Waals surface area (Å²) in [5.41, 5.74) is 0.806. The molecule has 0 spiro atoms. The first-order valence-electron chi connectivity index (χ1n) is 5.39. The minimum Gasteiger partial charge on any atom is -0.294 e. The van der Waals surface area contributed by atoms with E-state index in [0.717, 1.165) is 0 Å². The molecule has 19 heavy (non-hydrogen) atoms. The van der Waals surface area contributed by atoms with Crippen molar-refractivity contribution in [2.45, 2.75) is 6.42 Å². The molecule has 0 heterocycles. The van der Waals surface area contributed by atoms with Crippen molar-refractivity contribution in [1.29, 1.82) is 0 Å². The SMILES string of the molecule is O=C(Cc1cccc(F)c1Cl)c1cc(Cl)cc(Cl)c1. The van der Waals surface area contributed by atoms with Crippen LogP contribution in [0.5, 0.6) is 0 Å². The Morgan fingerprint density at radius 3 is 2.32 bits per heavy atom. The van der Waals surface area contributed by atoms with Crippen LogP contribution >= 0.6 is 34.8 Å². The Labute approximate surface area is 124 Å². The van der Waals surface area contributed by atoms with Gasteiger partial charge in [-0.15, -0.1) is 0 Å². The number of hydrogen-bond donors (Lipinski definition) is 0. The van der Waals surface area contributed by atoms with Gasteiger partial charge in [-0.05, 0) is 29.8 Å². The molecule has 0 radical (unpaired) electrons. The van der Waals surface area contributed by atoms with Crippen molar-refractivity contribution < 1.29 is 9.18 Å². The van der Waals surface area contributed by atoms with Gasteiger partial charge in [-0.3, -0.25) is 4.79 Å². The molecule has 0 amide bonds. The zero-order chi connectivity index (χ0) is 14.0. The zero-order valence-corrected chi connectivity index (χ0v) is 11.9. The summed E-state index contributed by atoms with van der Waals surface area (Å²) in [5.74, 6) is -0.770. The van der Waals surface area contributed by atoms with Crippen LogP contribution in [0.4, 0.5) is 4.39 Å². The van der Waals surface area contributed by atoms with E-state index in [-0.39, 0.29) is 17.2 Å². The van der Waals surface area contributed by atoms with Crippen LogP contribution in [0.15, 0.2) is 36.4 Å². The molecule has 0 bridgehead atoms. The van der Waals surface area contributed by atoms with Gasteiger partial charge in [-0.2, -0.15) is 0 Å². The maximum atomic E-state index is 13.3. The van der Waals surface area contributed by atoms with Gasteiger partial charge < -0.3 is 0 Å². The molecule has 98 valence electrons. The van der Waals surface area contributed by atoms with Gasteiger partial charge in [0.05, 0.1) is 5.02 Å². The summed E-state index contributed by atoms with van der Waals surface area (Å²) in [7, 11) is 0. The highest BCUT2D eigenvalue weighted by molar-refractivity contribution is 6.35.